The molecule has 2 N–H and O–H groups in total. The lowest BCUT2D eigenvalue weighted by atomic mass is 9.95. The Balaban J connectivity index is 1.19. The number of hydrogen-bond donors (Lipinski definition) is 2. The molecule has 0 bridgehead atoms. The van der Waals surface area contributed by atoms with Gasteiger partial charge in [-0.05, 0) is 40.5 Å². The minimum atomic E-state index is -0.858. The van der Waals surface area contributed by atoms with Gasteiger partial charge in [-0.15, -0.1) is 0 Å². The number of alkyl carbamates (subject to hydrolysis) is 1. The van der Waals surface area contributed by atoms with Crippen LogP contribution in [0.3, 0.4) is 0 Å². The minimum absolute atomic E-state index is 0.0392. The van der Waals surface area contributed by atoms with Crippen LogP contribution >= 0.6 is 0 Å². The Kier molecular flexibility index (Phi) is 6.47. The van der Waals surface area contributed by atoms with Gasteiger partial charge in [0.05, 0.1) is 12.5 Å². The Bertz CT molecular complexity index is 1090. The molecule has 0 aromatic heterocycles. The smallest absolute Gasteiger partial charge is 0.407 e. The van der Waals surface area contributed by atoms with E-state index in [0.29, 0.717) is 26.1 Å². The fraction of sp³-hybridized carbons (Fsp3) is 0.444. The van der Waals surface area contributed by atoms with Gasteiger partial charge >= 0.3 is 12.1 Å². The monoisotopic (exact) mass is 478 g/mol. The molecule has 2 saturated heterocycles. The summed E-state index contributed by atoms with van der Waals surface area (Å²) in [5.41, 5.74) is 4.59. The van der Waals surface area contributed by atoms with Gasteiger partial charge < -0.3 is 24.8 Å². The fourth-order valence-electron chi connectivity index (χ4n) is 5.66. The normalized spacial score (nSPS) is 25.2. The van der Waals surface area contributed by atoms with Crippen molar-refractivity contribution in [3.8, 4) is 11.1 Å². The molecule has 2 aromatic rings. The zero-order valence-corrected chi connectivity index (χ0v) is 19.7. The summed E-state index contributed by atoms with van der Waals surface area (Å²) < 4.78 is 11.3. The molecule has 8 heteroatoms. The summed E-state index contributed by atoms with van der Waals surface area (Å²) in [5, 5.41) is 11.9. The number of hydrogen-bond acceptors (Lipinski definition) is 5. The van der Waals surface area contributed by atoms with Gasteiger partial charge in [-0.25, -0.2) is 4.79 Å². The molecule has 2 heterocycles. The highest BCUT2D eigenvalue weighted by Crippen LogP contribution is 2.44. The van der Waals surface area contributed by atoms with Crippen molar-refractivity contribution >= 4 is 18.0 Å². The molecule has 3 aliphatic rings. The van der Waals surface area contributed by atoms with E-state index in [1.807, 2.05) is 31.2 Å². The van der Waals surface area contributed by atoms with E-state index in [2.05, 4.69) is 29.6 Å². The number of carboxylic acids is 1. The molecular weight excluding hydrogens is 448 g/mol. The summed E-state index contributed by atoms with van der Waals surface area (Å²) in [6.07, 6.45) is -0.801. The van der Waals surface area contributed by atoms with E-state index >= 15 is 0 Å². The Morgan fingerprint density at radius 1 is 1.06 bits per heavy atom. The van der Waals surface area contributed by atoms with Crippen molar-refractivity contribution in [2.45, 2.75) is 37.8 Å². The second-order valence-corrected chi connectivity index (χ2v) is 9.73. The number of amides is 2. The van der Waals surface area contributed by atoms with Gasteiger partial charge in [-0.1, -0.05) is 55.5 Å². The van der Waals surface area contributed by atoms with Crippen molar-refractivity contribution in [3.05, 3.63) is 59.7 Å². The van der Waals surface area contributed by atoms with E-state index in [4.69, 9.17) is 14.6 Å². The summed E-state index contributed by atoms with van der Waals surface area (Å²) in [6.45, 7) is 3.42. The third-order valence-electron chi connectivity index (χ3n) is 7.50. The molecule has 4 atom stereocenters. The van der Waals surface area contributed by atoms with Gasteiger partial charge in [0.1, 0.15) is 6.61 Å². The molecule has 0 spiro atoms. The first-order valence-corrected chi connectivity index (χ1v) is 12.2. The number of benzene rings is 2. The number of fused-ring (bicyclic) bond motifs is 3. The molecule has 0 unspecified atom stereocenters. The van der Waals surface area contributed by atoms with Gasteiger partial charge in [-0.3, -0.25) is 9.59 Å². The maximum absolute atomic E-state index is 13.1. The summed E-state index contributed by atoms with van der Waals surface area (Å²) in [6, 6.07) is 15.8. The molecule has 2 fully saturated rings. The number of aliphatic carboxylic acids is 1. The molecule has 8 nitrogen and oxygen atoms in total. The van der Waals surface area contributed by atoms with Crippen molar-refractivity contribution < 1.29 is 29.0 Å². The lowest BCUT2D eigenvalue weighted by Gasteiger charge is -2.25. The second kappa shape index (κ2) is 9.70. The number of nitrogens with one attached hydrogen (secondary N) is 1. The maximum atomic E-state index is 13.1. The van der Waals surface area contributed by atoms with Crippen LogP contribution < -0.4 is 5.32 Å². The van der Waals surface area contributed by atoms with Gasteiger partial charge in [0.25, 0.3) is 5.91 Å². The summed E-state index contributed by atoms with van der Waals surface area (Å²) >= 11 is 0. The molecule has 2 amide bonds. The lowest BCUT2D eigenvalue weighted by Crippen LogP contribution is -2.49. The first-order chi connectivity index (χ1) is 16.9. The number of carbonyl (C=O) groups is 3. The molecule has 0 radical (unpaired) electrons. The van der Waals surface area contributed by atoms with E-state index in [1.165, 1.54) is 0 Å². The van der Waals surface area contributed by atoms with Crippen molar-refractivity contribution in [2.24, 2.45) is 11.8 Å². The van der Waals surface area contributed by atoms with Crippen LogP contribution in [0.4, 0.5) is 4.79 Å². The van der Waals surface area contributed by atoms with Crippen molar-refractivity contribution in [1.82, 2.24) is 10.2 Å². The van der Waals surface area contributed by atoms with Gasteiger partial charge in [0, 0.05) is 25.6 Å². The predicted octanol–water partition coefficient (Wildman–Crippen LogP) is 3.25. The minimum Gasteiger partial charge on any atom is -0.481 e. The SMILES string of the molecule is C[C@@H]1CN(C(=O)[C@@H]2OCC[C@@H]2NC(=O)OCC2c3ccccc3-c3ccccc32)C[C@H]1CC(=O)O. The second-order valence-electron chi connectivity index (χ2n) is 9.73. The molecule has 0 saturated carbocycles. The van der Waals surface area contributed by atoms with E-state index in [0.717, 1.165) is 22.3 Å². The third kappa shape index (κ3) is 4.62. The molecular formula is C27H30N2O6. The fourth-order valence-corrected chi connectivity index (χ4v) is 5.66. The highest BCUT2D eigenvalue weighted by atomic mass is 16.6. The largest absolute Gasteiger partial charge is 0.481 e. The number of rotatable bonds is 6. The number of carboxylic acid groups (broad SMARTS) is 1. The molecule has 2 aromatic carbocycles. The van der Waals surface area contributed by atoms with E-state index < -0.39 is 24.2 Å². The zero-order valence-electron chi connectivity index (χ0n) is 19.7. The molecule has 1 aliphatic carbocycles. The zero-order chi connectivity index (χ0) is 24.5. The Morgan fingerprint density at radius 3 is 2.37 bits per heavy atom. The summed E-state index contributed by atoms with van der Waals surface area (Å²) in [7, 11) is 0. The summed E-state index contributed by atoms with van der Waals surface area (Å²) in [5.74, 6) is -1.08. The first kappa shape index (κ1) is 23.4. The third-order valence-corrected chi connectivity index (χ3v) is 7.50. The topological polar surface area (TPSA) is 105 Å². The Hall–Kier alpha value is -3.39. The molecule has 2 aliphatic heterocycles. The van der Waals surface area contributed by atoms with Gasteiger partial charge in [-0.2, -0.15) is 0 Å². The van der Waals surface area contributed by atoms with Gasteiger partial charge in [0.15, 0.2) is 6.10 Å². The van der Waals surface area contributed by atoms with Crippen molar-refractivity contribution in [2.75, 3.05) is 26.3 Å². The highest BCUT2D eigenvalue weighted by molar-refractivity contribution is 5.83. The molecule has 35 heavy (non-hydrogen) atoms. The Labute approximate surface area is 204 Å². The van der Waals surface area contributed by atoms with Crippen molar-refractivity contribution in [1.29, 1.82) is 0 Å². The van der Waals surface area contributed by atoms with Crippen LogP contribution in [0, 0.1) is 11.8 Å². The number of nitrogens with zero attached hydrogens (tertiary/aromatic N) is 1. The quantitative estimate of drug-likeness (QED) is 0.660. The Morgan fingerprint density at radius 2 is 1.71 bits per heavy atom. The number of carbonyl (C=O) groups excluding carboxylic acids is 2. The van der Waals surface area contributed by atoms with Crippen LogP contribution in [0.5, 0.6) is 0 Å². The predicted molar refractivity (Wildman–Crippen MR) is 128 cm³/mol. The van der Waals surface area contributed by atoms with Gasteiger partial charge in [0.2, 0.25) is 0 Å². The van der Waals surface area contributed by atoms with Crippen LogP contribution in [0.2, 0.25) is 0 Å². The van der Waals surface area contributed by atoms with E-state index in [-0.39, 0.29) is 36.7 Å². The van der Waals surface area contributed by atoms with Crippen LogP contribution in [-0.4, -0.2) is 66.4 Å². The van der Waals surface area contributed by atoms with Crippen LogP contribution in [0.15, 0.2) is 48.5 Å². The van der Waals surface area contributed by atoms with Crippen LogP contribution in [-0.2, 0) is 19.1 Å². The molecule has 184 valence electrons. The average molecular weight is 479 g/mol. The highest BCUT2D eigenvalue weighted by Gasteiger charge is 2.42. The summed E-state index contributed by atoms with van der Waals surface area (Å²) in [4.78, 5) is 38.6. The van der Waals surface area contributed by atoms with Crippen molar-refractivity contribution in [3.63, 3.8) is 0 Å². The lowest BCUT2D eigenvalue weighted by molar-refractivity contribution is -0.142. The van der Waals surface area contributed by atoms with E-state index in [1.54, 1.807) is 4.90 Å². The standard InChI is InChI=1S/C27H30N2O6/c1-16-13-29(14-17(16)12-24(30)31)26(32)25-23(10-11-34-25)28-27(33)35-15-22-20-8-4-2-6-18(20)19-7-3-5-9-21(19)22/h2-9,16-17,22-23,25H,10-15H2,1H3,(H,28,33)(H,30,31)/t16-,17-,23+,25-/m1/s1. The first-order valence-electron chi connectivity index (χ1n) is 12.2. The molecule has 5 rings (SSSR count). The van der Waals surface area contributed by atoms with Crippen LogP contribution in [0.25, 0.3) is 11.1 Å². The number of ether oxygens (including phenoxy) is 2. The number of likely N-dealkylation sites (tertiary alicyclic amines) is 1. The van der Waals surface area contributed by atoms with Crippen LogP contribution in [0.1, 0.15) is 36.8 Å². The maximum Gasteiger partial charge on any atom is 0.407 e. The van der Waals surface area contributed by atoms with E-state index in [9.17, 15) is 14.4 Å². The average Bonchev–Trinajstić information content (AvgIpc) is 3.53.